The van der Waals surface area contributed by atoms with E-state index in [0.717, 1.165) is 30.5 Å². The number of aryl methyl sites for hydroxylation is 1. The van der Waals surface area contributed by atoms with Crippen LogP contribution in [-0.4, -0.2) is 25.8 Å². The van der Waals surface area contributed by atoms with Crippen molar-refractivity contribution in [3.05, 3.63) is 21.6 Å². The summed E-state index contributed by atoms with van der Waals surface area (Å²) in [6.07, 6.45) is 4.74. The highest BCUT2D eigenvalue weighted by molar-refractivity contribution is 7.98. The first kappa shape index (κ1) is 8.96. The van der Waals surface area contributed by atoms with Gasteiger partial charge < -0.3 is 0 Å². The Labute approximate surface area is 89.9 Å². The third-order valence-electron chi connectivity index (χ3n) is 2.71. The summed E-state index contributed by atoms with van der Waals surface area (Å²) in [4.78, 5) is 18.7. The van der Waals surface area contributed by atoms with Crippen LogP contribution in [0, 0.1) is 0 Å². The molecule has 1 aliphatic carbocycles. The van der Waals surface area contributed by atoms with Crippen molar-refractivity contribution in [2.75, 3.05) is 6.26 Å². The molecule has 0 aliphatic heterocycles. The molecule has 2 heterocycles. The molecule has 0 fully saturated rings. The van der Waals surface area contributed by atoms with Crippen molar-refractivity contribution in [2.45, 2.75) is 24.4 Å². The van der Waals surface area contributed by atoms with Gasteiger partial charge in [0.25, 0.3) is 5.56 Å². The van der Waals surface area contributed by atoms with E-state index in [1.165, 1.54) is 11.8 Å². The highest BCUT2D eigenvalue weighted by Crippen LogP contribution is 2.19. The molecule has 2 aromatic rings. The Morgan fingerprint density at radius 1 is 1.47 bits per heavy atom. The minimum atomic E-state index is -0.00458. The third kappa shape index (κ3) is 1.21. The second kappa shape index (κ2) is 3.10. The van der Waals surface area contributed by atoms with E-state index in [0.29, 0.717) is 10.9 Å². The number of aromatic amines is 1. The predicted molar refractivity (Wildman–Crippen MR) is 57.4 cm³/mol. The van der Waals surface area contributed by atoms with Crippen LogP contribution >= 0.6 is 11.8 Å². The van der Waals surface area contributed by atoms with Gasteiger partial charge in [-0.3, -0.25) is 9.78 Å². The van der Waals surface area contributed by atoms with E-state index in [1.807, 2.05) is 6.26 Å². The largest absolute Gasteiger partial charge is 0.290 e. The number of nitrogens with one attached hydrogen (secondary N) is 1. The standard InChI is InChI=1S/C9H10N4OS/c1-15-9-11-8-10-7(14)5-3-2-4-6(5)13(8)12-9/h2-4H2,1H3,(H,10,11,12,14). The van der Waals surface area contributed by atoms with Gasteiger partial charge in [0.1, 0.15) is 0 Å². The van der Waals surface area contributed by atoms with Crippen LogP contribution < -0.4 is 5.56 Å². The SMILES string of the molecule is CSc1nc2[nH]c(=O)c3c(n2n1)CCC3. The molecule has 1 aliphatic rings. The van der Waals surface area contributed by atoms with Crippen LogP contribution in [0.25, 0.3) is 5.78 Å². The molecule has 15 heavy (non-hydrogen) atoms. The van der Waals surface area contributed by atoms with Crippen LogP contribution in [-0.2, 0) is 12.8 Å². The summed E-state index contributed by atoms with van der Waals surface area (Å²) in [6.45, 7) is 0. The minimum absolute atomic E-state index is 0.00458. The van der Waals surface area contributed by atoms with Crippen molar-refractivity contribution in [1.29, 1.82) is 0 Å². The number of rotatable bonds is 1. The molecule has 0 amide bonds. The first-order valence-electron chi connectivity index (χ1n) is 4.84. The molecule has 0 atom stereocenters. The lowest BCUT2D eigenvalue weighted by molar-refractivity contribution is 0.808. The topological polar surface area (TPSA) is 63.0 Å². The summed E-state index contributed by atoms with van der Waals surface area (Å²) in [7, 11) is 0. The Balaban J connectivity index is 2.40. The Kier molecular flexibility index (Phi) is 1.85. The van der Waals surface area contributed by atoms with E-state index >= 15 is 0 Å². The second-order valence-corrected chi connectivity index (χ2v) is 4.34. The fourth-order valence-electron chi connectivity index (χ4n) is 2.03. The zero-order valence-corrected chi connectivity index (χ0v) is 9.10. The Morgan fingerprint density at radius 2 is 2.33 bits per heavy atom. The van der Waals surface area contributed by atoms with Gasteiger partial charge in [-0.05, 0) is 25.5 Å². The van der Waals surface area contributed by atoms with E-state index in [2.05, 4.69) is 15.1 Å². The quantitative estimate of drug-likeness (QED) is 0.719. The van der Waals surface area contributed by atoms with Crippen molar-refractivity contribution in [3.8, 4) is 0 Å². The van der Waals surface area contributed by atoms with Gasteiger partial charge in [-0.15, -0.1) is 5.10 Å². The van der Waals surface area contributed by atoms with Gasteiger partial charge in [0.15, 0.2) is 0 Å². The Hall–Kier alpha value is -1.30. The van der Waals surface area contributed by atoms with Crippen molar-refractivity contribution < 1.29 is 0 Å². The van der Waals surface area contributed by atoms with Crippen LogP contribution in [0.2, 0.25) is 0 Å². The van der Waals surface area contributed by atoms with E-state index in [1.54, 1.807) is 4.52 Å². The first-order chi connectivity index (χ1) is 7.29. The smallest absolute Gasteiger partial charge is 0.255 e. The number of thioether (sulfide) groups is 1. The maximum atomic E-state index is 11.7. The van der Waals surface area contributed by atoms with Crippen molar-refractivity contribution in [1.82, 2.24) is 19.6 Å². The van der Waals surface area contributed by atoms with Gasteiger partial charge in [-0.25, -0.2) is 4.52 Å². The van der Waals surface area contributed by atoms with Crippen molar-refractivity contribution in [3.63, 3.8) is 0 Å². The Morgan fingerprint density at radius 3 is 3.13 bits per heavy atom. The predicted octanol–water partition coefficient (Wildman–Crippen LogP) is 0.628. The third-order valence-corrected chi connectivity index (χ3v) is 3.25. The molecule has 3 rings (SSSR count). The second-order valence-electron chi connectivity index (χ2n) is 3.57. The molecular weight excluding hydrogens is 212 g/mol. The van der Waals surface area contributed by atoms with Gasteiger partial charge in [0.2, 0.25) is 10.9 Å². The summed E-state index contributed by atoms with van der Waals surface area (Å²) in [5, 5.41) is 5.04. The van der Waals surface area contributed by atoms with Gasteiger partial charge in [0, 0.05) is 5.56 Å². The zero-order valence-electron chi connectivity index (χ0n) is 8.28. The van der Waals surface area contributed by atoms with Crippen molar-refractivity contribution >= 4 is 17.5 Å². The molecule has 0 saturated heterocycles. The van der Waals surface area contributed by atoms with Crippen LogP contribution in [0.4, 0.5) is 0 Å². The van der Waals surface area contributed by atoms with Gasteiger partial charge >= 0.3 is 0 Å². The average Bonchev–Trinajstić information content (AvgIpc) is 2.80. The molecule has 1 N–H and O–H groups in total. The maximum absolute atomic E-state index is 11.7. The zero-order chi connectivity index (χ0) is 10.4. The molecule has 6 heteroatoms. The molecule has 0 radical (unpaired) electrons. The lowest BCUT2D eigenvalue weighted by Gasteiger charge is -1.99. The van der Waals surface area contributed by atoms with Crippen LogP contribution in [0.15, 0.2) is 9.95 Å². The van der Waals surface area contributed by atoms with Gasteiger partial charge in [-0.1, -0.05) is 11.8 Å². The van der Waals surface area contributed by atoms with Crippen LogP contribution in [0.5, 0.6) is 0 Å². The normalized spacial score (nSPS) is 14.7. The van der Waals surface area contributed by atoms with Crippen LogP contribution in [0.1, 0.15) is 17.7 Å². The molecular formula is C9H10N4OS. The highest BCUT2D eigenvalue weighted by Gasteiger charge is 2.19. The number of hydrogen-bond donors (Lipinski definition) is 1. The van der Waals surface area contributed by atoms with E-state index in [4.69, 9.17) is 0 Å². The van der Waals surface area contributed by atoms with Gasteiger partial charge in [0.05, 0.1) is 5.69 Å². The fraction of sp³-hybridized carbons (Fsp3) is 0.444. The molecule has 5 nitrogen and oxygen atoms in total. The first-order valence-corrected chi connectivity index (χ1v) is 6.07. The molecule has 0 aromatic carbocycles. The number of aromatic nitrogens is 4. The number of H-pyrrole nitrogens is 1. The van der Waals surface area contributed by atoms with E-state index in [-0.39, 0.29) is 5.56 Å². The van der Waals surface area contributed by atoms with Crippen LogP contribution in [0.3, 0.4) is 0 Å². The van der Waals surface area contributed by atoms with Crippen molar-refractivity contribution in [2.24, 2.45) is 0 Å². The molecule has 2 aromatic heterocycles. The summed E-state index contributed by atoms with van der Waals surface area (Å²) in [5.41, 5.74) is 1.90. The lowest BCUT2D eigenvalue weighted by Crippen LogP contribution is -2.16. The molecule has 78 valence electrons. The number of fused-ring (bicyclic) bond motifs is 3. The summed E-state index contributed by atoms with van der Waals surface area (Å²) < 4.78 is 1.77. The Bertz CT molecular complexity index is 586. The van der Waals surface area contributed by atoms with E-state index < -0.39 is 0 Å². The molecule has 0 bridgehead atoms. The number of hydrogen-bond acceptors (Lipinski definition) is 4. The molecule has 0 spiro atoms. The van der Waals surface area contributed by atoms with E-state index in [9.17, 15) is 4.79 Å². The minimum Gasteiger partial charge on any atom is -0.290 e. The number of nitrogens with zero attached hydrogens (tertiary/aromatic N) is 3. The molecule has 0 saturated carbocycles. The molecule has 0 unspecified atom stereocenters. The highest BCUT2D eigenvalue weighted by atomic mass is 32.2. The summed E-state index contributed by atoms with van der Waals surface area (Å²) in [6, 6.07) is 0. The summed E-state index contributed by atoms with van der Waals surface area (Å²) >= 11 is 1.48. The summed E-state index contributed by atoms with van der Waals surface area (Å²) in [5.74, 6) is 0.560. The van der Waals surface area contributed by atoms with Gasteiger partial charge in [-0.2, -0.15) is 4.98 Å². The monoisotopic (exact) mass is 222 g/mol. The maximum Gasteiger partial charge on any atom is 0.255 e. The fourth-order valence-corrected chi connectivity index (χ4v) is 2.37. The average molecular weight is 222 g/mol. The lowest BCUT2D eigenvalue weighted by atomic mass is 10.3.